The van der Waals surface area contributed by atoms with Gasteiger partial charge in [-0.15, -0.1) is 0 Å². The van der Waals surface area contributed by atoms with Crippen LogP contribution < -0.4 is 5.32 Å². The van der Waals surface area contributed by atoms with Crippen molar-refractivity contribution in [2.75, 3.05) is 0 Å². The number of alkyl halides is 2. The first-order chi connectivity index (χ1) is 14.1. The summed E-state index contributed by atoms with van der Waals surface area (Å²) in [5, 5.41) is 2.71. The van der Waals surface area contributed by atoms with E-state index in [0.29, 0.717) is 11.1 Å². The molecule has 0 aromatic heterocycles. The Kier molecular flexibility index (Phi) is 5.94. The van der Waals surface area contributed by atoms with Crippen molar-refractivity contribution in [1.29, 1.82) is 0 Å². The Labute approximate surface area is 173 Å². The molecule has 1 aliphatic rings. The molecule has 160 valence electrons. The molecular formula is C21H22F2N2O4S. The number of sulfone groups is 1. The zero-order valence-electron chi connectivity index (χ0n) is 16.6. The van der Waals surface area contributed by atoms with Crippen molar-refractivity contribution in [3.8, 4) is 0 Å². The number of amides is 3. The van der Waals surface area contributed by atoms with E-state index < -0.39 is 38.0 Å². The van der Waals surface area contributed by atoms with E-state index in [1.807, 2.05) is 24.3 Å². The third kappa shape index (κ3) is 3.94. The maximum absolute atomic E-state index is 13.0. The van der Waals surface area contributed by atoms with Crippen LogP contribution in [-0.4, -0.2) is 31.0 Å². The number of imide groups is 1. The largest absolute Gasteiger partial charge is 0.341 e. The molecule has 2 aromatic rings. The summed E-state index contributed by atoms with van der Waals surface area (Å²) in [6.07, 6.45) is 1.91. The van der Waals surface area contributed by atoms with Gasteiger partial charge in [-0.3, -0.25) is 9.69 Å². The van der Waals surface area contributed by atoms with Gasteiger partial charge >= 0.3 is 11.8 Å². The number of hydrogen-bond acceptors (Lipinski definition) is 4. The van der Waals surface area contributed by atoms with Crippen molar-refractivity contribution in [1.82, 2.24) is 10.2 Å². The standard InChI is InChI=1S/C21H22F2N2O4S/c1-3-4-14-5-9-16(10-6-14)21(2)18(26)25(20(27)24-21)13-15-7-11-17(12-8-15)30(28,29)19(22)23/h5-12,19H,3-4,13H2,1-2H3,(H,24,27). The van der Waals surface area contributed by atoms with Crippen molar-refractivity contribution in [2.24, 2.45) is 0 Å². The average Bonchev–Trinajstić information content (AvgIpc) is 2.93. The van der Waals surface area contributed by atoms with Crippen molar-refractivity contribution >= 4 is 21.8 Å². The van der Waals surface area contributed by atoms with Crippen LogP contribution in [0.5, 0.6) is 0 Å². The molecule has 1 heterocycles. The molecule has 0 radical (unpaired) electrons. The Hall–Kier alpha value is -2.81. The fourth-order valence-corrected chi connectivity index (χ4v) is 4.12. The Balaban J connectivity index is 1.79. The second-order valence-corrected chi connectivity index (χ2v) is 9.26. The third-order valence-corrected chi connectivity index (χ3v) is 6.57. The van der Waals surface area contributed by atoms with Gasteiger partial charge in [-0.25, -0.2) is 13.2 Å². The van der Waals surface area contributed by atoms with Crippen molar-refractivity contribution < 1.29 is 26.8 Å². The first-order valence-corrected chi connectivity index (χ1v) is 11.0. The highest BCUT2D eigenvalue weighted by Crippen LogP contribution is 2.30. The second-order valence-electron chi connectivity index (χ2n) is 7.34. The molecule has 2 aromatic carbocycles. The lowest BCUT2D eigenvalue weighted by molar-refractivity contribution is -0.131. The Bertz CT molecular complexity index is 1050. The maximum Gasteiger partial charge on any atom is 0.341 e. The molecule has 3 rings (SSSR count). The number of hydrogen-bond donors (Lipinski definition) is 1. The van der Waals surface area contributed by atoms with E-state index in [1.165, 1.54) is 12.1 Å². The predicted octanol–water partition coefficient (Wildman–Crippen LogP) is 3.60. The highest BCUT2D eigenvalue weighted by atomic mass is 32.2. The second kappa shape index (κ2) is 8.14. The summed E-state index contributed by atoms with van der Waals surface area (Å²) >= 11 is 0. The van der Waals surface area contributed by atoms with Crippen molar-refractivity contribution in [3.05, 3.63) is 65.2 Å². The number of urea groups is 1. The van der Waals surface area contributed by atoms with E-state index in [0.717, 1.165) is 35.4 Å². The minimum atomic E-state index is -4.70. The van der Waals surface area contributed by atoms with E-state index in [4.69, 9.17) is 0 Å². The summed E-state index contributed by atoms with van der Waals surface area (Å²) in [5.41, 5.74) is 1.01. The van der Waals surface area contributed by atoms with Crippen LogP contribution in [0, 0.1) is 0 Å². The fraction of sp³-hybridized carbons (Fsp3) is 0.333. The zero-order chi connectivity index (χ0) is 22.1. The number of halogens is 2. The summed E-state index contributed by atoms with van der Waals surface area (Å²) in [4.78, 5) is 26.0. The average molecular weight is 436 g/mol. The summed E-state index contributed by atoms with van der Waals surface area (Å²) in [6.45, 7) is 3.59. The van der Waals surface area contributed by atoms with E-state index in [1.54, 1.807) is 6.92 Å². The topological polar surface area (TPSA) is 83.6 Å². The van der Waals surface area contributed by atoms with Crippen LogP contribution in [0.2, 0.25) is 0 Å². The summed E-state index contributed by atoms with van der Waals surface area (Å²) in [6, 6.07) is 11.6. The zero-order valence-corrected chi connectivity index (χ0v) is 17.4. The highest BCUT2D eigenvalue weighted by Gasteiger charge is 2.48. The quantitative estimate of drug-likeness (QED) is 0.673. The van der Waals surface area contributed by atoms with E-state index in [-0.39, 0.29) is 6.54 Å². The molecule has 6 nitrogen and oxygen atoms in total. The van der Waals surface area contributed by atoms with Gasteiger partial charge in [-0.1, -0.05) is 49.7 Å². The number of nitrogens with zero attached hydrogens (tertiary/aromatic N) is 1. The molecule has 9 heteroatoms. The first kappa shape index (κ1) is 21.9. The molecular weight excluding hydrogens is 414 g/mol. The predicted molar refractivity (Wildman–Crippen MR) is 107 cm³/mol. The maximum atomic E-state index is 13.0. The molecule has 1 fully saturated rings. The van der Waals surface area contributed by atoms with E-state index in [9.17, 15) is 26.8 Å². The summed E-state index contributed by atoms with van der Waals surface area (Å²) < 4.78 is 48.3. The lowest BCUT2D eigenvalue weighted by atomic mass is 9.91. The Morgan fingerprint density at radius 2 is 1.57 bits per heavy atom. The molecule has 0 spiro atoms. The minimum Gasteiger partial charge on any atom is -0.319 e. The molecule has 0 aliphatic carbocycles. The minimum absolute atomic E-state index is 0.108. The van der Waals surface area contributed by atoms with Crippen LogP contribution in [-0.2, 0) is 33.1 Å². The number of aryl methyl sites for hydroxylation is 1. The van der Waals surface area contributed by atoms with Crippen LogP contribution in [0.1, 0.15) is 37.0 Å². The summed E-state index contributed by atoms with van der Waals surface area (Å²) in [5.74, 6) is -3.96. The Morgan fingerprint density at radius 3 is 2.10 bits per heavy atom. The van der Waals surface area contributed by atoms with Crippen molar-refractivity contribution in [3.63, 3.8) is 0 Å². The van der Waals surface area contributed by atoms with Gasteiger partial charge in [0.1, 0.15) is 5.54 Å². The van der Waals surface area contributed by atoms with Gasteiger partial charge < -0.3 is 5.32 Å². The molecule has 1 saturated heterocycles. The van der Waals surface area contributed by atoms with E-state index in [2.05, 4.69) is 12.2 Å². The van der Waals surface area contributed by atoms with Crippen LogP contribution in [0.3, 0.4) is 0 Å². The van der Waals surface area contributed by atoms with Gasteiger partial charge in [-0.2, -0.15) is 8.78 Å². The molecule has 0 bridgehead atoms. The number of rotatable bonds is 7. The highest BCUT2D eigenvalue weighted by molar-refractivity contribution is 7.91. The lowest BCUT2D eigenvalue weighted by Crippen LogP contribution is -2.40. The van der Waals surface area contributed by atoms with Crippen LogP contribution >= 0.6 is 0 Å². The molecule has 1 unspecified atom stereocenters. The molecule has 1 N–H and O–H groups in total. The molecule has 30 heavy (non-hydrogen) atoms. The first-order valence-electron chi connectivity index (χ1n) is 9.44. The van der Waals surface area contributed by atoms with Crippen LogP contribution in [0.25, 0.3) is 0 Å². The van der Waals surface area contributed by atoms with Crippen LogP contribution in [0.15, 0.2) is 53.4 Å². The molecule has 3 amide bonds. The van der Waals surface area contributed by atoms with Crippen LogP contribution in [0.4, 0.5) is 13.6 Å². The third-order valence-electron chi connectivity index (χ3n) is 5.17. The summed E-state index contributed by atoms with van der Waals surface area (Å²) in [7, 11) is -4.70. The number of carbonyl (C=O) groups excluding carboxylic acids is 2. The lowest BCUT2D eigenvalue weighted by Gasteiger charge is -2.22. The van der Waals surface area contributed by atoms with E-state index >= 15 is 0 Å². The van der Waals surface area contributed by atoms with Crippen molar-refractivity contribution in [2.45, 2.75) is 49.4 Å². The van der Waals surface area contributed by atoms with Gasteiger partial charge in [0.25, 0.3) is 5.91 Å². The Morgan fingerprint density at radius 1 is 1.00 bits per heavy atom. The van der Waals surface area contributed by atoms with Gasteiger partial charge in [0.15, 0.2) is 0 Å². The van der Waals surface area contributed by atoms with Gasteiger partial charge in [0, 0.05) is 0 Å². The smallest absolute Gasteiger partial charge is 0.319 e. The monoisotopic (exact) mass is 436 g/mol. The fourth-order valence-electron chi connectivity index (χ4n) is 3.40. The van der Waals surface area contributed by atoms with Gasteiger partial charge in [0.05, 0.1) is 11.4 Å². The van der Waals surface area contributed by atoms with Gasteiger partial charge in [0.2, 0.25) is 9.84 Å². The number of benzene rings is 2. The molecule has 1 atom stereocenters. The SMILES string of the molecule is CCCc1ccc(C2(C)NC(=O)N(Cc3ccc(S(=O)(=O)C(F)F)cc3)C2=O)cc1. The normalized spacial score (nSPS) is 19.4. The molecule has 1 aliphatic heterocycles. The molecule has 0 saturated carbocycles. The number of nitrogens with one attached hydrogen (secondary N) is 1. The number of carbonyl (C=O) groups is 2. The van der Waals surface area contributed by atoms with Gasteiger partial charge in [-0.05, 0) is 42.2 Å².